The van der Waals surface area contributed by atoms with Gasteiger partial charge in [-0.15, -0.1) is 0 Å². The third-order valence-electron chi connectivity index (χ3n) is 4.41. The van der Waals surface area contributed by atoms with Crippen LogP contribution in [-0.2, 0) is 16.1 Å². The van der Waals surface area contributed by atoms with E-state index in [1.807, 2.05) is 35.1 Å². The second-order valence-corrected chi connectivity index (χ2v) is 6.43. The SMILES string of the molecule is O=C(CCCn1cccn1)N1CCO[C@@H](CO)[C@@H]1c1ccccc1Cl. The lowest BCUT2D eigenvalue weighted by Gasteiger charge is -2.41. The zero-order valence-electron chi connectivity index (χ0n) is 13.9. The van der Waals surface area contributed by atoms with Crippen LogP contribution in [0.15, 0.2) is 42.7 Å². The predicted octanol–water partition coefficient (Wildman–Crippen LogP) is 2.28. The molecular formula is C18H22ClN3O3. The number of hydrogen-bond acceptors (Lipinski definition) is 4. The highest BCUT2D eigenvalue weighted by Gasteiger charge is 2.36. The zero-order chi connectivity index (χ0) is 17.6. The number of halogens is 1. The highest BCUT2D eigenvalue weighted by Crippen LogP contribution is 2.34. The lowest BCUT2D eigenvalue weighted by molar-refractivity contribution is -0.150. The summed E-state index contributed by atoms with van der Waals surface area (Å²) in [5.74, 6) is 0.0406. The molecule has 0 unspecified atom stereocenters. The molecule has 1 amide bonds. The number of aliphatic hydroxyl groups is 1. The monoisotopic (exact) mass is 363 g/mol. The van der Waals surface area contributed by atoms with Crippen molar-refractivity contribution in [1.82, 2.24) is 14.7 Å². The first-order chi connectivity index (χ1) is 12.2. The van der Waals surface area contributed by atoms with Crippen molar-refractivity contribution in [3.8, 4) is 0 Å². The molecule has 25 heavy (non-hydrogen) atoms. The molecule has 0 aliphatic carbocycles. The minimum atomic E-state index is -0.469. The van der Waals surface area contributed by atoms with Gasteiger partial charge in [0.05, 0.1) is 19.3 Å². The molecule has 7 heteroatoms. The number of aromatic nitrogens is 2. The van der Waals surface area contributed by atoms with Gasteiger partial charge in [-0.3, -0.25) is 9.48 Å². The average molecular weight is 364 g/mol. The third-order valence-corrected chi connectivity index (χ3v) is 4.76. The van der Waals surface area contributed by atoms with E-state index in [-0.39, 0.29) is 18.6 Å². The molecule has 3 rings (SSSR count). The molecule has 1 aromatic carbocycles. The van der Waals surface area contributed by atoms with Gasteiger partial charge < -0.3 is 14.7 Å². The molecule has 0 spiro atoms. The number of nitrogens with zero attached hydrogens (tertiary/aromatic N) is 3. The van der Waals surface area contributed by atoms with Crippen LogP contribution in [0.4, 0.5) is 0 Å². The summed E-state index contributed by atoms with van der Waals surface area (Å²) in [5.41, 5.74) is 0.809. The summed E-state index contributed by atoms with van der Waals surface area (Å²) >= 11 is 6.34. The fourth-order valence-electron chi connectivity index (χ4n) is 3.22. The van der Waals surface area contributed by atoms with Crippen LogP contribution in [0, 0.1) is 0 Å². The number of aliphatic hydroxyl groups excluding tert-OH is 1. The van der Waals surface area contributed by atoms with Crippen LogP contribution in [0.25, 0.3) is 0 Å². The first kappa shape index (κ1) is 17.9. The van der Waals surface area contributed by atoms with Crippen LogP contribution >= 0.6 is 11.6 Å². The first-order valence-corrected chi connectivity index (χ1v) is 8.82. The van der Waals surface area contributed by atoms with Crippen LogP contribution in [0.1, 0.15) is 24.4 Å². The molecular weight excluding hydrogens is 342 g/mol. The van der Waals surface area contributed by atoms with Gasteiger partial charge in [0.15, 0.2) is 0 Å². The number of amides is 1. The summed E-state index contributed by atoms with van der Waals surface area (Å²) in [6, 6.07) is 8.90. The van der Waals surface area contributed by atoms with E-state index in [1.54, 1.807) is 17.2 Å². The minimum absolute atomic E-state index is 0.0406. The topological polar surface area (TPSA) is 67.6 Å². The Bertz CT molecular complexity index is 693. The molecule has 0 saturated carbocycles. The molecule has 1 aliphatic heterocycles. The summed E-state index contributed by atoms with van der Waals surface area (Å²) in [4.78, 5) is 14.6. The number of benzene rings is 1. The largest absolute Gasteiger partial charge is 0.394 e. The van der Waals surface area contributed by atoms with Crippen LogP contribution in [-0.4, -0.2) is 51.6 Å². The molecule has 6 nitrogen and oxygen atoms in total. The van der Waals surface area contributed by atoms with E-state index in [1.165, 1.54) is 0 Å². The lowest BCUT2D eigenvalue weighted by Crippen LogP contribution is -2.49. The molecule has 1 aromatic heterocycles. The van der Waals surface area contributed by atoms with Gasteiger partial charge in [0.2, 0.25) is 5.91 Å². The second kappa shape index (κ2) is 8.47. The number of morpholine rings is 1. The number of rotatable bonds is 6. The Balaban J connectivity index is 1.72. The maximum absolute atomic E-state index is 12.8. The van der Waals surface area contributed by atoms with Gasteiger partial charge in [-0.1, -0.05) is 29.8 Å². The van der Waals surface area contributed by atoms with Crippen LogP contribution in [0.2, 0.25) is 5.02 Å². The molecule has 2 aromatic rings. The van der Waals surface area contributed by atoms with Crippen LogP contribution < -0.4 is 0 Å². The summed E-state index contributed by atoms with van der Waals surface area (Å²) in [6.45, 7) is 1.44. The Morgan fingerprint density at radius 2 is 2.20 bits per heavy atom. The van der Waals surface area contributed by atoms with Crippen LogP contribution in [0.5, 0.6) is 0 Å². The van der Waals surface area contributed by atoms with E-state index < -0.39 is 6.10 Å². The molecule has 134 valence electrons. The molecule has 0 radical (unpaired) electrons. The van der Waals surface area contributed by atoms with E-state index in [4.69, 9.17) is 16.3 Å². The maximum atomic E-state index is 12.8. The smallest absolute Gasteiger partial charge is 0.223 e. The fourth-order valence-corrected chi connectivity index (χ4v) is 3.46. The van der Waals surface area contributed by atoms with E-state index in [0.29, 0.717) is 37.6 Å². The van der Waals surface area contributed by atoms with Crippen molar-refractivity contribution in [2.24, 2.45) is 0 Å². The Labute approximate surface area is 152 Å². The number of aryl methyl sites for hydroxylation is 1. The van der Waals surface area contributed by atoms with Crippen molar-refractivity contribution in [2.45, 2.75) is 31.5 Å². The van der Waals surface area contributed by atoms with Gasteiger partial charge in [0, 0.05) is 36.9 Å². The quantitative estimate of drug-likeness (QED) is 0.855. The molecule has 1 aliphatic rings. The summed E-state index contributed by atoms with van der Waals surface area (Å²) < 4.78 is 7.49. The number of carbonyl (C=O) groups excluding carboxylic acids is 1. The molecule has 1 fully saturated rings. The normalized spacial score (nSPS) is 20.6. The Morgan fingerprint density at radius 1 is 1.36 bits per heavy atom. The second-order valence-electron chi connectivity index (χ2n) is 6.02. The number of ether oxygens (including phenoxy) is 1. The van der Waals surface area contributed by atoms with E-state index >= 15 is 0 Å². The first-order valence-electron chi connectivity index (χ1n) is 8.44. The molecule has 1 N–H and O–H groups in total. The highest BCUT2D eigenvalue weighted by atomic mass is 35.5. The molecule has 0 bridgehead atoms. The van der Waals surface area contributed by atoms with E-state index in [2.05, 4.69) is 5.10 Å². The maximum Gasteiger partial charge on any atom is 0.223 e. The van der Waals surface area contributed by atoms with E-state index in [0.717, 1.165) is 5.56 Å². The fraction of sp³-hybridized carbons (Fsp3) is 0.444. The van der Waals surface area contributed by atoms with Crippen molar-refractivity contribution >= 4 is 17.5 Å². The summed E-state index contributed by atoms with van der Waals surface area (Å²) in [5, 5.41) is 14.4. The molecule has 2 heterocycles. The Hall–Kier alpha value is -1.89. The zero-order valence-corrected chi connectivity index (χ0v) is 14.7. The lowest BCUT2D eigenvalue weighted by atomic mass is 9.97. The number of hydrogen-bond donors (Lipinski definition) is 1. The van der Waals surface area contributed by atoms with Crippen molar-refractivity contribution in [3.05, 3.63) is 53.3 Å². The van der Waals surface area contributed by atoms with Crippen LogP contribution in [0.3, 0.4) is 0 Å². The predicted molar refractivity (Wildman–Crippen MR) is 94.2 cm³/mol. The van der Waals surface area contributed by atoms with Crippen molar-refractivity contribution < 1.29 is 14.6 Å². The van der Waals surface area contributed by atoms with Gasteiger partial charge >= 0.3 is 0 Å². The van der Waals surface area contributed by atoms with Crippen molar-refractivity contribution in [3.63, 3.8) is 0 Å². The van der Waals surface area contributed by atoms with Crippen molar-refractivity contribution in [1.29, 1.82) is 0 Å². The number of carbonyl (C=O) groups is 1. The van der Waals surface area contributed by atoms with Gasteiger partial charge in [0.1, 0.15) is 6.10 Å². The third kappa shape index (κ3) is 4.21. The molecule has 2 atom stereocenters. The van der Waals surface area contributed by atoms with E-state index in [9.17, 15) is 9.90 Å². The van der Waals surface area contributed by atoms with Gasteiger partial charge in [-0.05, 0) is 24.1 Å². The minimum Gasteiger partial charge on any atom is -0.394 e. The van der Waals surface area contributed by atoms with Gasteiger partial charge in [-0.2, -0.15) is 5.10 Å². The summed E-state index contributed by atoms with van der Waals surface area (Å²) in [6.07, 6.45) is 4.26. The average Bonchev–Trinajstić information content (AvgIpc) is 3.15. The summed E-state index contributed by atoms with van der Waals surface area (Å²) in [7, 11) is 0. The van der Waals surface area contributed by atoms with Gasteiger partial charge in [0.25, 0.3) is 0 Å². The standard InChI is InChI=1S/C18H22ClN3O3/c19-15-6-2-1-5-14(15)18-16(13-23)25-12-11-22(18)17(24)7-3-9-21-10-4-8-20-21/h1-2,4-6,8,10,16,18,23H,3,7,9,11-13H2/t16-,18-/m0/s1. The highest BCUT2D eigenvalue weighted by molar-refractivity contribution is 6.31. The van der Waals surface area contributed by atoms with Gasteiger partial charge in [-0.25, -0.2) is 0 Å². The Morgan fingerprint density at radius 3 is 2.92 bits per heavy atom. The Kier molecular flexibility index (Phi) is 6.07. The van der Waals surface area contributed by atoms with Crippen molar-refractivity contribution in [2.75, 3.05) is 19.8 Å². The molecule has 1 saturated heterocycles.